The summed E-state index contributed by atoms with van der Waals surface area (Å²) in [5.74, 6) is 2.24. The first kappa shape index (κ1) is 15.5. The van der Waals surface area contributed by atoms with Crippen molar-refractivity contribution in [3.05, 3.63) is 11.7 Å². The summed E-state index contributed by atoms with van der Waals surface area (Å²) >= 11 is 1.63. The van der Waals surface area contributed by atoms with Crippen LogP contribution in [0.1, 0.15) is 44.2 Å². The maximum Gasteiger partial charge on any atom is 0.239 e. The van der Waals surface area contributed by atoms with Gasteiger partial charge in [0, 0.05) is 0 Å². The molecule has 0 amide bonds. The number of rotatable bonds is 7. The summed E-state index contributed by atoms with van der Waals surface area (Å²) in [4.78, 5) is 4.15. The normalized spacial score (nSPS) is 14.1. The molecule has 1 heterocycles. The molecule has 1 aromatic heterocycles. The van der Waals surface area contributed by atoms with Crippen molar-refractivity contribution in [1.82, 2.24) is 10.1 Å². The maximum atomic E-state index is 11.6. The molecular weight excluding hydrogens is 272 g/mol. The van der Waals surface area contributed by atoms with E-state index in [1.165, 1.54) is 0 Å². The Balaban J connectivity index is 2.31. The van der Waals surface area contributed by atoms with Gasteiger partial charge >= 0.3 is 0 Å². The lowest BCUT2D eigenvalue weighted by Crippen LogP contribution is -2.18. The third-order valence-corrected chi connectivity index (χ3v) is 6.07. The van der Waals surface area contributed by atoms with Crippen LogP contribution in [0.4, 0.5) is 0 Å². The molecule has 0 aliphatic rings. The van der Waals surface area contributed by atoms with Crippen LogP contribution in [0.2, 0.25) is 0 Å². The lowest BCUT2D eigenvalue weighted by atomic mass is 10.5. The molecule has 0 N–H and O–H groups in total. The summed E-state index contributed by atoms with van der Waals surface area (Å²) in [5.41, 5.74) is 0. The van der Waals surface area contributed by atoms with E-state index in [4.69, 9.17) is 4.52 Å². The molecule has 0 aliphatic carbocycles. The van der Waals surface area contributed by atoms with E-state index < -0.39 is 9.84 Å². The molecule has 0 spiro atoms. The van der Waals surface area contributed by atoms with E-state index in [0.717, 1.165) is 5.75 Å². The Hall–Kier alpha value is -0.560. The minimum absolute atomic E-state index is 0.105. The third-order valence-electron chi connectivity index (χ3n) is 2.55. The second-order valence-corrected chi connectivity index (χ2v) is 8.59. The van der Waals surface area contributed by atoms with Crippen LogP contribution >= 0.6 is 11.8 Å². The molecule has 1 atom stereocenters. The molecule has 104 valence electrons. The monoisotopic (exact) mass is 292 g/mol. The first-order valence-electron chi connectivity index (χ1n) is 5.96. The summed E-state index contributed by atoms with van der Waals surface area (Å²) in [6, 6.07) is 0. The zero-order valence-corrected chi connectivity index (χ0v) is 12.8. The van der Waals surface area contributed by atoms with E-state index in [-0.39, 0.29) is 16.3 Å². The highest BCUT2D eigenvalue weighted by Crippen LogP contribution is 2.27. The number of hydrogen-bond donors (Lipinski definition) is 0. The Morgan fingerprint density at radius 3 is 2.50 bits per heavy atom. The molecule has 0 saturated carbocycles. The summed E-state index contributed by atoms with van der Waals surface area (Å²) in [6.45, 7) is 7.19. The molecule has 0 fully saturated rings. The molecule has 0 saturated heterocycles. The molecule has 1 aromatic rings. The fraction of sp³-hybridized carbons (Fsp3) is 0.818. The molecule has 0 unspecified atom stereocenters. The van der Waals surface area contributed by atoms with Crippen LogP contribution in [-0.4, -0.2) is 35.3 Å². The lowest BCUT2D eigenvalue weighted by molar-refractivity contribution is 0.376. The zero-order valence-electron chi connectivity index (χ0n) is 11.2. The first-order chi connectivity index (χ1) is 8.33. The smallest absolute Gasteiger partial charge is 0.239 e. The first-order valence-corrected chi connectivity index (χ1v) is 8.72. The van der Waals surface area contributed by atoms with Gasteiger partial charge in [-0.2, -0.15) is 4.98 Å². The van der Waals surface area contributed by atoms with Gasteiger partial charge in [-0.05, 0) is 39.9 Å². The van der Waals surface area contributed by atoms with E-state index in [0.29, 0.717) is 18.1 Å². The highest BCUT2D eigenvalue weighted by molar-refractivity contribution is 7.99. The Kier molecular flexibility index (Phi) is 5.65. The summed E-state index contributed by atoms with van der Waals surface area (Å²) in [5, 5.41) is 3.54. The van der Waals surface area contributed by atoms with Gasteiger partial charge in [-0.25, -0.2) is 8.42 Å². The number of hydrogen-bond acceptors (Lipinski definition) is 6. The highest BCUT2D eigenvalue weighted by Gasteiger charge is 2.17. The second kappa shape index (κ2) is 6.56. The number of nitrogens with zero attached hydrogens (tertiary/aromatic N) is 2. The van der Waals surface area contributed by atoms with Crippen LogP contribution in [0, 0.1) is 6.92 Å². The minimum Gasteiger partial charge on any atom is -0.338 e. The zero-order chi connectivity index (χ0) is 13.8. The van der Waals surface area contributed by atoms with Crippen molar-refractivity contribution >= 4 is 21.6 Å². The van der Waals surface area contributed by atoms with Gasteiger partial charge in [0.2, 0.25) is 5.89 Å². The van der Waals surface area contributed by atoms with Gasteiger partial charge in [-0.1, -0.05) is 5.16 Å². The van der Waals surface area contributed by atoms with Gasteiger partial charge in [-0.15, -0.1) is 11.8 Å². The van der Waals surface area contributed by atoms with E-state index in [2.05, 4.69) is 10.1 Å². The highest BCUT2D eigenvalue weighted by atomic mass is 32.2. The Morgan fingerprint density at radius 1 is 1.33 bits per heavy atom. The largest absolute Gasteiger partial charge is 0.338 e. The van der Waals surface area contributed by atoms with Crippen LogP contribution in [0.3, 0.4) is 0 Å². The molecule has 0 aliphatic heterocycles. The Bertz CT molecular complexity index is 468. The number of aryl methyl sites for hydroxylation is 1. The van der Waals surface area contributed by atoms with Gasteiger partial charge in [0.05, 0.1) is 16.3 Å². The van der Waals surface area contributed by atoms with Gasteiger partial charge in [0.25, 0.3) is 0 Å². The van der Waals surface area contributed by atoms with Crippen molar-refractivity contribution in [2.75, 3.05) is 11.5 Å². The van der Waals surface area contributed by atoms with Gasteiger partial charge in [0.15, 0.2) is 15.7 Å². The quantitative estimate of drug-likeness (QED) is 0.718. The van der Waals surface area contributed by atoms with Crippen molar-refractivity contribution in [2.45, 2.75) is 44.6 Å². The molecular formula is C11H20N2O3S2. The van der Waals surface area contributed by atoms with Crippen LogP contribution in [-0.2, 0) is 9.84 Å². The summed E-state index contributed by atoms with van der Waals surface area (Å²) in [6.07, 6.45) is 0.655. The molecule has 1 rings (SSSR count). The standard InChI is InChI=1S/C11H20N2O3S2/c1-8(2)18(14,15)7-5-6-17-9(3)11-12-10(4)13-16-11/h8-9H,5-7H2,1-4H3/t9-/m1/s1. The minimum atomic E-state index is -2.92. The average molecular weight is 292 g/mol. The van der Waals surface area contributed by atoms with Crippen LogP contribution in [0.5, 0.6) is 0 Å². The molecule has 18 heavy (non-hydrogen) atoms. The van der Waals surface area contributed by atoms with Crippen molar-refractivity contribution in [3.63, 3.8) is 0 Å². The van der Waals surface area contributed by atoms with Crippen LogP contribution in [0.15, 0.2) is 4.52 Å². The summed E-state index contributed by atoms with van der Waals surface area (Å²) in [7, 11) is -2.92. The van der Waals surface area contributed by atoms with Crippen LogP contribution in [0.25, 0.3) is 0 Å². The lowest BCUT2D eigenvalue weighted by Gasteiger charge is -2.08. The Labute approximate surface area is 113 Å². The number of aromatic nitrogens is 2. The van der Waals surface area contributed by atoms with Crippen LogP contribution < -0.4 is 0 Å². The van der Waals surface area contributed by atoms with Crippen molar-refractivity contribution in [3.8, 4) is 0 Å². The number of thioether (sulfide) groups is 1. The topological polar surface area (TPSA) is 73.1 Å². The fourth-order valence-electron chi connectivity index (χ4n) is 1.31. The van der Waals surface area contributed by atoms with Gasteiger partial charge in [-0.3, -0.25) is 0 Å². The molecule has 0 aromatic carbocycles. The molecule has 0 radical (unpaired) electrons. The van der Waals surface area contributed by atoms with E-state index >= 15 is 0 Å². The van der Waals surface area contributed by atoms with Crippen molar-refractivity contribution in [1.29, 1.82) is 0 Å². The van der Waals surface area contributed by atoms with E-state index in [1.807, 2.05) is 6.92 Å². The average Bonchev–Trinajstić information content (AvgIpc) is 2.71. The van der Waals surface area contributed by atoms with E-state index in [1.54, 1.807) is 32.5 Å². The SMILES string of the molecule is Cc1noc([C@@H](C)SCCCS(=O)(=O)C(C)C)n1. The molecule has 7 heteroatoms. The second-order valence-electron chi connectivity index (χ2n) is 4.46. The van der Waals surface area contributed by atoms with Gasteiger partial charge in [0.1, 0.15) is 0 Å². The third kappa shape index (κ3) is 4.61. The molecule has 5 nitrogen and oxygen atoms in total. The maximum absolute atomic E-state index is 11.6. The summed E-state index contributed by atoms with van der Waals surface area (Å²) < 4.78 is 28.3. The number of sulfone groups is 1. The predicted molar refractivity (Wildman–Crippen MR) is 73.4 cm³/mol. The molecule has 0 bridgehead atoms. The Morgan fingerprint density at radius 2 is 2.00 bits per heavy atom. The van der Waals surface area contributed by atoms with Crippen molar-refractivity contribution < 1.29 is 12.9 Å². The fourth-order valence-corrected chi connectivity index (χ4v) is 3.41. The van der Waals surface area contributed by atoms with Gasteiger partial charge < -0.3 is 4.52 Å². The van der Waals surface area contributed by atoms with Crippen molar-refractivity contribution in [2.24, 2.45) is 0 Å². The predicted octanol–water partition coefficient (Wildman–Crippen LogP) is 2.39. The van der Waals surface area contributed by atoms with E-state index in [9.17, 15) is 8.42 Å².